The van der Waals surface area contributed by atoms with E-state index in [1.54, 1.807) is 25.2 Å². The molecule has 7 heteroatoms. The van der Waals surface area contributed by atoms with Gasteiger partial charge in [-0.2, -0.15) is 0 Å². The van der Waals surface area contributed by atoms with Crippen molar-refractivity contribution in [3.05, 3.63) is 11.1 Å². The number of thiazole rings is 1. The van der Waals surface area contributed by atoms with Gasteiger partial charge in [-0.1, -0.05) is 0 Å². The lowest BCUT2D eigenvalue weighted by Gasteiger charge is -2.25. The van der Waals surface area contributed by atoms with Crippen molar-refractivity contribution >= 4 is 28.4 Å². The molecule has 3 amide bonds. The van der Waals surface area contributed by atoms with Crippen molar-refractivity contribution < 1.29 is 9.59 Å². The van der Waals surface area contributed by atoms with Crippen molar-refractivity contribution in [2.24, 2.45) is 0 Å². The van der Waals surface area contributed by atoms with Crippen molar-refractivity contribution in [2.45, 2.75) is 25.8 Å². The zero-order chi connectivity index (χ0) is 14.0. The minimum Gasteiger partial charge on any atom is -0.331 e. The standard InChI is InChI=1S/C12H18N4O2S/c1-8-6-13-11(19-8)14-10(17)7-16(9-4-5-9)12(18)15(2)3/h6,9H,4-5,7H2,1-3H3,(H,13,14,17). The molecule has 0 spiro atoms. The Bertz CT molecular complexity index is 482. The van der Waals surface area contributed by atoms with Crippen LogP contribution in [0.3, 0.4) is 0 Å². The Kier molecular flexibility index (Phi) is 4.04. The maximum atomic E-state index is 12.0. The highest BCUT2D eigenvalue weighted by Gasteiger charge is 2.34. The summed E-state index contributed by atoms with van der Waals surface area (Å²) >= 11 is 1.42. The van der Waals surface area contributed by atoms with Crippen molar-refractivity contribution in [3.63, 3.8) is 0 Å². The highest BCUT2D eigenvalue weighted by molar-refractivity contribution is 7.15. The van der Waals surface area contributed by atoms with Gasteiger partial charge in [0.1, 0.15) is 6.54 Å². The molecule has 0 unspecified atom stereocenters. The Morgan fingerprint density at radius 3 is 2.63 bits per heavy atom. The lowest BCUT2D eigenvalue weighted by Crippen LogP contribution is -2.44. The molecule has 1 aliphatic carbocycles. The first-order valence-electron chi connectivity index (χ1n) is 6.17. The Morgan fingerprint density at radius 2 is 2.16 bits per heavy atom. The smallest absolute Gasteiger partial charge is 0.320 e. The van der Waals surface area contributed by atoms with E-state index in [4.69, 9.17) is 0 Å². The van der Waals surface area contributed by atoms with E-state index in [0.717, 1.165) is 17.7 Å². The summed E-state index contributed by atoms with van der Waals surface area (Å²) in [5.41, 5.74) is 0. The van der Waals surface area contributed by atoms with Crippen LogP contribution in [0.5, 0.6) is 0 Å². The number of aryl methyl sites for hydroxylation is 1. The Labute approximate surface area is 116 Å². The maximum Gasteiger partial charge on any atom is 0.320 e. The number of hydrogen-bond acceptors (Lipinski definition) is 4. The number of nitrogens with zero attached hydrogens (tertiary/aromatic N) is 3. The molecule has 0 radical (unpaired) electrons. The number of carbonyl (C=O) groups is 2. The lowest BCUT2D eigenvalue weighted by molar-refractivity contribution is -0.117. The number of aromatic nitrogens is 1. The maximum absolute atomic E-state index is 12.0. The normalized spacial score (nSPS) is 14.1. The van der Waals surface area contributed by atoms with Crippen LogP contribution < -0.4 is 5.32 Å². The van der Waals surface area contributed by atoms with Gasteiger partial charge in [0.2, 0.25) is 5.91 Å². The van der Waals surface area contributed by atoms with Crippen LogP contribution in [-0.4, -0.2) is 53.4 Å². The predicted octanol–water partition coefficient (Wildman–Crippen LogP) is 1.54. The van der Waals surface area contributed by atoms with Gasteiger partial charge in [-0.25, -0.2) is 9.78 Å². The van der Waals surface area contributed by atoms with Crippen molar-refractivity contribution in [3.8, 4) is 0 Å². The van der Waals surface area contributed by atoms with Crippen molar-refractivity contribution in [1.29, 1.82) is 0 Å². The first kappa shape index (κ1) is 13.8. The van der Waals surface area contributed by atoms with E-state index in [0.29, 0.717) is 5.13 Å². The fourth-order valence-corrected chi connectivity index (χ4v) is 2.40. The molecule has 0 bridgehead atoms. The van der Waals surface area contributed by atoms with Crippen LogP contribution in [-0.2, 0) is 4.79 Å². The first-order chi connectivity index (χ1) is 8.97. The van der Waals surface area contributed by atoms with Gasteiger partial charge in [-0.15, -0.1) is 11.3 Å². The van der Waals surface area contributed by atoms with E-state index >= 15 is 0 Å². The van der Waals surface area contributed by atoms with E-state index in [-0.39, 0.29) is 24.5 Å². The molecule has 0 atom stereocenters. The van der Waals surface area contributed by atoms with E-state index in [2.05, 4.69) is 10.3 Å². The fourth-order valence-electron chi connectivity index (χ4n) is 1.72. The van der Waals surface area contributed by atoms with Gasteiger partial charge in [0, 0.05) is 31.2 Å². The van der Waals surface area contributed by atoms with Gasteiger partial charge in [0.15, 0.2) is 5.13 Å². The molecule has 0 aliphatic heterocycles. The van der Waals surface area contributed by atoms with Crippen LogP contribution in [0.4, 0.5) is 9.93 Å². The predicted molar refractivity (Wildman–Crippen MR) is 74.3 cm³/mol. The van der Waals surface area contributed by atoms with E-state index in [9.17, 15) is 9.59 Å². The highest BCUT2D eigenvalue weighted by Crippen LogP contribution is 2.27. The zero-order valence-electron chi connectivity index (χ0n) is 11.3. The number of hydrogen-bond donors (Lipinski definition) is 1. The number of anilines is 1. The summed E-state index contributed by atoms with van der Waals surface area (Å²) in [4.78, 5) is 32.1. The van der Waals surface area contributed by atoms with Gasteiger partial charge >= 0.3 is 6.03 Å². The molecule has 1 saturated carbocycles. The highest BCUT2D eigenvalue weighted by atomic mass is 32.1. The fraction of sp³-hybridized carbons (Fsp3) is 0.583. The molecule has 0 aromatic carbocycles. The quantitative estimate of drug-likeness (QED) is 0.911. The zero-order valence-corrected chi connectivity index (χ0v) is 12.2. The molecule has 0 saturated heterocycles. The summed E-state index contributed by atoms with van der Waals surface area (Å²) in [6.07, 6.45) is 3.66. The minimum atomic E-state index is -0.198. The van der Waals surface area contributed by atoms with Gasteiger partial charge in [0.05, 0.1) is 0 Å². The Morgan fingerprint density at radius 1 is 1.47 bits per heavy atom. The molecule has 1 aromatic rings. The largest absolute Gasteiger partial charge is 0.331 e. The second-order valence-corrected chi connectivity index (χ2v) is 6.10. The Hall–Kier alpha value is -1.63. The van der Waals surface area contributed by atoms with E-state index in [1.807, 2.05) is 6.92 Å². The summed E-state index contributed by atoms with van der Waals surface area (Å²) in [6, 6.07) is 0.0895. The van der Waals surface area contributed by atoms with Crippen molar-refractivity contribution in [1.82, 2.24) is 14.8 Å². The van der Waals surface area contributed by atoms with E-state index in [1.165, 1.54) is 16.2 Å². The van der Waals surface area contributed by atoms with Crippen LogP contribution >= 0.6 is 11.3 Å². The molecule has 1 aromatic heterocycles. The summed E-state index contributed by atoms with van der Waals surface area (Å²) < 4.78 is 0. The van der Waals surface area contributed by atoms with Crippen LogP contribution in [0.15, 0.2) is 6.20 Å². The Balaban J connectivity index is 1.93. The third-order valence-electron chi connectivity index (χ3n) is 2.80. The third kappa shape index (κ3) is 3.66. The monoisotopic (exact) mass is 282 g/mol. The van der Waals surface area contributed by atoms with Gasteiger partial charge in [-0.05, 0) is 19.8 Å². The summed E-state index contributed by atoms with van der Waals surface area (Å²) in [6.45, 7) is 2.01. The minimum absolute atomic E-state index is 0.0836. The topological polar surface area (TPSA) is 65.5 Å². The molecule has 1 heterocycles. The second-order valence-electron chi connectivity index (χ2n) is 4.86. The molecule has 1 fully saturated rings. The first-order valence-corrected chi connectivity index (χ1v) is 6.99. The summed E-state index contributed by atoms with van der Waals surface area (Å²) in [7, 11) is 3.39. The van der Waals surface area contributed by atoms with Gasteiger partial charge in [0.25, 0.3) is 0 Å². The second kappa shape index (κ2) is 5.56. The molecule has 2 rings (SSSR count). The van der Waals surface area contributed by atoms with Crippen LogP contribution in [0.1, 0.15) is 17.7 Å². The average molecular weight is 282 g/mol. The number of rotatable bonds is 4. The van der Waals surface area contributed by atoms with Crippen molar-refractivity contribution in [2.75, 3.05) is 26.0 Å². The number of urea groups is 1. The number of amides is 3. The molecule has 104 valence electrons. The molecule has 1 N–H and O–H groups in total. The van der Waals surface area contributed by atoms with Crippen LogP contribution in [0, 0.1) is 6.92 Å². The summed E-state index contributed by atoms with van der Waals surface area (Å²) in [5.74, 6) is -0.198. The molecule has 1 aliphatic rings. The lowest BCUT2D eigenvalue weighted by atomic mass is 10.4. The average Bonchev–Trinajstić information content (AvgIpc) is 3.10. The van der Waals surface area contributed by atoms with Crippen LogP contribution in [0.2, 0.25) is 0 Å². The van der Waals surface area contributed by atoms with Crippen LogP contribution in [0.25, 0.3) is 0 Å². The molecule has 19 heavy (non-hydrogen) atoms. The molecular formula is C12H18N4O2S. The molecule has 6 nitrogen and oxygen atoms in total. The SMILES string of the molecule is Cc1cnc(NC(=O)CN(C(=O)N(C)C)C2CC2)s1. The third-order valence-corrected chi connectivity index (χ3v) is 3.63. The van der Waals surface area contributed by atoms with Gasteiger partial charge in [-0.3, -0.25) is 4.79 Å². The van der Waals surface area contributed by atoms with E-state index < -0.39 is 0 Å². The number of carbonyl (C=O) groups excluding carboxylic acids is 2. The van der Waals surface area contributed by atoms with Gasteiger partial charge < -0.3 is 15.1 Å². The summed E-state index contributed by atoms with van der Waals surface area (Å²) in [5, 5.41) is 3.30. The molecular weight excluding hydrogens is 264 g/mol. The number of nitrogens with one attached hydrogen (secondary N) is 1.